The third kappa shape index (κ3) is 3.10. The molecule has 2 aliphatic carbocycles. The van der Waals surface area contributed by atoms with Gasteiger partial charge >= 0.3 is 0 Å². The predicted octanol–water partition coefficient (Wildman–Crippen LogP) is 3.80. The number of aromatic nitrogens is 1. The summed E-state index contributed by atoms with van der Waals surface area (Å²) in [6, 6.07) is 6.91. The van der Waals surface area contributed by atoms with Crippen molar-refractivity contribution in [2.45, 2.75) is 49.6 Å². The van der Waals surface area contributed by atoms with E-state index in [0.717, 1.165) is 25.0 Å². The molecule has 24 heavy (non-hydrogen) atoms. The molecule has 0 spiro atoms. The zero-order chi connectivity index (χ0) is 16.9. The van der Waals surface area contributed by atoms with Gasteiger partial charge in [-0.15, -0.1) is 0 Å². The predicted molar refractivity (Wildman–Crippen MR) is 90.2 cm³/mol. The summed E-state index contributed by atoms with van der Waals surface area (Å²) in [5, 5.41) is 0.279. The van der Waals surface area contributed by atoms with Crippen molar-refractivity contribution < 1.29 is 12.8 Å². The quantitative estimate of drug-likeness (QED) is 0.729. The Morgan fingerprint density at radius 3 is 2.62 bits per heavy atom. The topological polar surface area (TPSA) is 63.4 Å². The van der Waals surface area contributed by atoms with Crippen LogP contribution >= 0.6 is 11.6 Å². The van der Waals surface area contributed by atoms with Crippen molar-refractivity contribution in [2.24, 2.45) is 5.92 Å². The first-order chi connectivity index (χ1) is 11.4. The van der Waals surface area contributed by atoms with E-state index in [0.29, 0.717) is 17.6 Å². The smallest absolute Gasteiger partial charge is 0.245 e. The number of hydrogen-bond acceptors (Lipinski definition) is 4. The molecule has 2 unspecified atom stereocenters. The Balaban J connectivity index is 1.58. The molecule has 2 fully saturated rings. The van der Waals surface area contributed by atoms with Gasteiger partial charge in [-0.25, -0.2) is 13.4 Å². The van der Waals surface area contributed by atoms with Gasteiger partial charge in [-0.05, 0) is 49.4 Å². The maximum absolute atomic E-state index is 12.9. The highest BCUT2D eigenvalue weighted by atomic mass is 35.5. The molecule has 0 saturated heterocycles. The number of furan rings is 1. The molecule has 0 bridgehead atoms. The van der Waals surface area contributed by atoms with Gasteiger partial charge in [0.15, 0.2) is 0 Å². The highest BCUT2D eigenvalue weighted by molar-refractivity contribution is 7.89. The van der Waals surface area contributed by atoms with Crippen molar-refractivity contribution in [2.75, 3.05) is 0 Å². The lowest BCUT2D eigenvalue weighted by Crippen LogP contribution is -2.32. The standard InChI is InChI=1S/C17H19ClN2O3S/c1-11-8-15(11)16-6-4-13(23-16)10-20(12-2-3-12)24(21,22)14-5-7-17(18)19-9-14/h4-7,9,11-12,15H,2-3,8,10H2,1H3. The van der Waals surface area contributed by atoms with Crippen LogP contribution in [0.3, 0.4) is 0 Å². The second-order valence-electron chi connectivity index (χ2n) is 6.72. The maximum Gasteiger partial charge on any atom is 0.245 e. The minimum atomic E-state index is -3.61. The fourth-order valence-corrected chi connectivity index (χ4v) is 4.68. The van der Waals surface area contributed by atoms with Gasteiger partial charge in [-0.3, -0.25) is 0 Å². The lowest BCUT2D eigenvalue weighted by molar-refractivity contribution is 0.347. The zero-order valence-electron chi connectivity index (χ0n) is 13.4. The second kappa shape index (κ2) is 5.86. The first-order valence-electron chi connectivity index (χ1n) is 8.17. The molecule has 7 heteroatoms. The molecule has 4 rings (SSSR count). The molecule has 2 saturated carbocycles. The Morgan fingerprint density at radius 1 is 1.29 bits per heavy atom. The monoisotopic (exact) mass is 366 g/mol. The first kappa shape index (κ1) is 16.1. The summed E-state index contributed by atoms with van der Waals surface area (Å²) in [6.45, 7) is 2.46. The van der Waals surface area contributed by atoms with Gasteiger partial charge in [0.1, 0.15) is 21.6 Å². The van der Waals surface area contributed by atoms with Crippen molar-refractivity contribution in [3.63, 3.8) is 0 Å². The fraction of sp³-hybridized carbons (Fsp3) is 0.471. The molecule has 2 aliphatic rings. The summed E-state index contributed by atoms with van der Waals surface area (Å²) in [7, 11) is -3.61. The molecule has 2 aromatic rings. The van der Waals surface area contributed by atoms with Crippen LogP contribution in [0.5, 0.6) is 0 Å². The summed E-state index contributed by atoms with van der Waals surface area (Å²) in [6.07, 6.45) is 4.22. The van der Waals surface area contributed by atoms with Gasteiger partial charge in [0.25, 0.3) is 0 Å². The largest absolute Gasteiger partial charge is 0.464 e. The number of halogens is 1. The minimum absolute atomic E-state index is 0.0408. The van der Waals surface area contributed by atoms with Gasteiger partial charge in [0.05, 0.1) is 6.54 Å². The van der Waals surface area contributed by atoms with Crippen LogP contribution < -0.4 is 0 Å². The Morgan fingerprint density at radius 2 is 2.04 bits per heavy atom. The number of hydrogen-bond donors (Lipinski definition) is 0. The molecule has 0 radical (unpaired) electrons. The van der Waals surface area contributed by atoms with Gasteiger partial charge < -0.3 is 4.42 Å². The van der Waals surface area contributed by atoms with E-state index >= 15 is 0 Å². The third-order valence-electron chi connectivity index (χ3n) is 4.73. The van der Waals surface area contributed by atoms with Gasteiger partial charge in [-0.1, -0.05) is 18.5 Å². The first-order valence-corrected chi connectivity index (χ1v) is 9.99. The van der Waals surface area contributed by atoms with Crippen LogP contribution in [0.25, 0.3) is 0 Å². The minimum Gasteiger partial charge on any atom is -0.464 e. The van der Waals surface area contributed by atoms with Crippen LogP contribution in [0, 0.1) is 5.92 Å². The molecule has 128 valence electrons. The van der Waals surface area contributed by atoms with Crippen molar-refractivity contribution >= 4 is 21.6 Å². The third-order valence-corrected chi connectivity index (χ3v) is 6.84. The van der Waals surface area contributed by atoms with Crippen molar-refractivity contribution in [1.29, 1.82) is 0 Å². The van der Waals surface area contributed by atoms with Crippen molar-refractivity contribution in [1.82, 2.24) is 9.29 Å². The normalized spacial score (nSPS) is 23.6. The maximum atomic E-state index is 12.9. The van der Waals surface area contributed by atoms with Crippen LogP contribution in [0.15, 0.2) is 39.8 Å². The summed E-state index contributed by atoms with van der Waals surface area (Å²) in [5.41, 5.74) is 0. The summed E-state index contributed by atoms with van der Waals surface area (Å²) >= 11 is 5.76. The van der Waals surface area contributed by atoms with E-state index in [1.54, 1.807) is 0 Å². The number of pyridine rings is 1. The molecule has 0 amide bonds. The summed E-state index contributed by atoms with van der Waals surface area (Å²) < 4.78 is 33.3. The van der Waals surface area contributed by atoms with E-state index in [2.05, 4.69) is 11.9 Å². The number of rotatable bonds is 6. The summed E-state index contributed by atoms with van der Waals surface area (Å²) in [5.74, 6) is 2.82. The second-order valence-corrected chi connectivity index (χ2v) is 9.00. The van der Waals surface area contributed by atoms with Crippen LogP contribution in [0.2, 0.25) is 5.15 Å². The molecule has 0 aliphatic heterocycles. The van der Waals surface area contributed by atoms with E-state index in [4.69, 9.17) is 16.0 Å². The Kier molecular flexibility index (Phi) is 3.94. The van der Waals surface area contributed by atoms with Crippen LogP contribution in [-0.2, 0) is 16.6 Å². The van der Waals surface area contributed by atoms with Crippen LogP contribution in [0.1, 0.15) is 43.6 Å². The molecular formula is C17H19ClN2O3S. The molecule has 0 N–H and O–H groups in total. The Labute approximate surface area is 146 Å². The highest BCUT2D eigenvalue weighted by Gasteiger charge is 2.40. The molecule has 2 aromatic heterocycles. The lowest BCUT2D eigenvalue weighted by Gasteiger charge is -2.20. The molecular weight excluding hydrogens is 348 g/mol. The molecule has 0 aromatic carbocycles. The van der Waals surface area contributed by atoms with Gasteiger partial charge in [-0.2, -0.15) is 4.31 Å². The lowest BCUT2D eigenvalue weighted by atomic mass is 10.3. The van der Waals surface area contributed by atoms with Gasteiger partial charge in [0, 0.05) is 18.2 Å². The number of nitrogens with zero attached hydrogens (tertiary/aromatic N) is 2. The Bertz CT molecular complexity index is 843. The van der Waals surface area contributed by atoms with Crippen molar-refractivity contribution in [3.8, 4) is 0 Å². The number of sulfonamides is 1. The van der Waals surface area contributed by atoms with Crippen LogP contribution in [0.4, 0.5) is 0 Å². The molecule has 2 atom stereocenters. The van der Waals surface area contributed by atoms with E-state index in [9.17, 15) is 8.42 Å². The van der Waals surface area contributed by atoms with E-state index < -0.39 is 10.0 Å². The van der Waals surface area contributed by atoms with E-state index in [1.807, 2.05) is 12.1 Å². The average Bonchev–Trinajstić information content (AvgIpc) is 3.46. The van der Waals surface area contributed by atoms with Gasteiger partial charge in [0.2, 0.25) is 10.0 Å². The van der Waals surface area contributed by atoms with Crippen molar-refractivity contribution in [3.05, 3.63) is 47.1 Å². The fourth-order valence-electron chi connectivity index (χ4n) is 2.97. The van der Waals surface area contributed by atoms with E-state index in [1.165, 1.54) is 22.6 Å². The highest BCUT2D eigenvalue weighted by Crippen LogP contribution is 2.47. The average molecular weight is 367 g/mol. The zero-order valence-corrected chi connectivity index (χ0v) is 14.9. The molecule has 5 nitrogen and oxygen atoms in total. The Hall–Kier alpha value is -1.37. The molecule has 2 heterocycles. The SMILES string of the molecule is CC1CC1c1ccc(CN(C2CC2)S(=O)(=O)c2ccc(Cl)nc2)o1. The van der Waals surface area contributed by atoms with E-state index in [-0.39, 0.29) is 22.6 Å². The van der Waals surface area contributed by atoms with Crippen LogP contribution in [-0.4, -0.2) is 23.7 Å². The summed E-state index contributed by atoms with van der Waals surface area (Å²) in [4.78, 5) is 4.06.